The lowest BCUT2D eigenvalue weighted by Gasteiger charge is -2.60. The summed E-state index contributed by atoms with van der Waals surface area (Å²) in [6.07, 6.45) is 21.7. The van der Waals surface area contributed by atoms with Crippen LogP contribution in [0.4, 0.5) is 0 Å². The number of fused-ring (bicyclic) bond motifs is 2. The summed E-state index contributed by atoms with van der Waals surface area (Å²) in [5, 5.41) is 24.8. The van der Waals surface area contributed by atoms with E-state index in [0.717, 1.165) is 112 Å². The first-order valence-electron chi connectivity index (χ1n) is 24.0. The summed E-state index contributed by atoms with van der Waals surface area (Å²) >= 11 is 0. The molecule has 0 spiro atoms. The Morgan fingerprint density at radius 2 is 1.67 bits per heavy atom. The number of carbonyl (C=O) groups excluding carboxylic acids is 1. The zero-order chi connectivity index (χ0) is 43.0. The van der Waals surface area contributed by atoms with E-state index in [9.17, 15) is 15.0 Å². The monoisotopic (exact) mass is 836 g/mol. The van der Waals surface area contributed by atoms with Gasteiger partial charge in [0.15, 0.2) is 0 Å². The van der Waals surface area contributed by atoms with Gasteiger partial charge in [-0.15, -0.1) is 6.58 Å². The maximum atomic E-state index is 14.7. The van der Waals surface area contributed by atoms with Gasteiger partial charge in [-0.25, -0.2) is 0 Å². The average Bonchev–Trinajstić information content (AvgIpc) is 4.06. The van der Waals surface area contributed by atoms with Crippen molar-refractivity contribution in [2.45, 2.75) is 174 Å². The van der Waals surface area contributed by atoms with Gasteiger partial charge < -0.3 is 34.2 Å². The summed E-state index contributed by atoms with van der Waals surface area (Å²) in [4.78, 5) is 25.4. The van der Waals surface area contributed by atoms with E-state index in [0.29, 0.717) is 26.0 Å². The first kappa shape index (κ1) is 48.1. The summed E-state index contributed by atoms with van der Waals surface area (Å²) in [5.41, 5.74) is 2.48. The third kappa shape index (κ3) is 13.1. The lowest BCUT2D eigenvalue weighted by molar-refractivity contribution is -0.257. The molecule has 1 aromatic carbocycles. The second-order valence-electron chi connectivity index (χ2n) is 18.8. The van der Waals surface area contributed by atoms with Crippen molar-refractivity contribution in [2.24, 2.45) is 22.9 Å². The van der Waals surface area contributed by atoms with Crippen LogP contribution in [0.25, 0.3) is 0 Å². The van der Waals surface area contributed by atoms with Crippen molar-refractivity contribution in [1.82, 2.24) is 9.80 Å². The molecule has 1 saturated carbocycles. The number of aliphatic hydroxyl groups excluding tert-OH is 2. The van der Waals surface area contributed by atoms with Crippen molar-refractivity contribution in [3.63, 3.8) is 0 Å². The predicted octanol–water partition coefficient (Wildman–Crippen LogP) is 9.97. The molecule has 60 heavy (non-hydrogen) atoms. The molecular formula is C50H81N3O7. The maximum Gasteiger partial charge on any atom is 0.239 e. The van der Waals surface area contributed by atoms with Gasteiger partial charge in [0.05, 0.1) is 18.2 Å². The lowest BCUT2D eigenvalue weighted by Crippen LogP contribution is -2.70. The molecule has 6 atom stereocenters. The van der Waals surface area contributed by atoms with Crippen LogP contribution in [0.1, 0.15) is 162 Å². The summed E-state index contributed by atoms with van der Waals surface area (Å²) in [5.74, 6) is 0.465. The Bertz CT molecular complexity index is 1540. The van der Waals surface area contributed by atoms with Gasteiger partial charge in [-0.1, -0.05) is 95.4 Å². The molecule has 0 radical (unpaired) electrons. The number of unbranched alkanes of at least 4 members (excludes halogenated alkanes) is 10. The Morgan fingerprint density at radius 1 is 0.967 bits per heavy atom. The highest BCUT2D eigenvalue weighted by atomic mass is 16.7. The summed E-state index contributed by atoms with van der Waals surface area (Å²) in [6.45, 7) is 19.4. The summed E-state index contributed by atoms with van der Waals surface area (Å²) in [7, 11) is 0. The Balaban J connectivity index is 1.61. The Kier molecular flexibility index (Phi) is 19.3. The van der Waals surface area contributed by atoms with Crippen molar-refractivity contribution in [2.75, 3.05) is 52.6 Å². The number of nitrogens with zero attached hydrogens (tertiary/aromatic N) is 3. The molecule has 4 aliphatic rings. The summed E-state index contributed by atoms with van der Waals surface area (Å²) in [6, 6.07) is 5.79. The van der Waals surface area contributed by atoms with Gasteiger partial charge in [-0.3, -0.25) is 9.69 Å². The Hall–Kier alpha value is -2.92. The molecule has 6 unspecified atom stereocenters. The molecular weight excluding hydrogens is 755 g/mol. The molecule has 2 fully saturated rings. The van der Waals surface area contributed by atoms with Gasteiger partial charge in [-0.05, 0) is 94.9 Å². The smallest absolute Gasteiger partial charge is 0.239 e. The molecule has 5 rings (SSSR count). The molecule has 2 heterocycles. The second kappa shape index (κ2) is 24.1. The van der Waals surface area contributed by atoms with Crippen molar-refractivity contribution in [3.05, 3.63) is 48.1 Å². The molecule has 0 bridgehead atoms. The normalized spacial score (nSPS) is 25.2. The predicted molar refractivity (Wildman–Crippen MR) is 242 cm³/mol. The van der Waals surface area contributed by atoms with E-state index in [1.807, 2.05) is 26.8 Å². The number of oxime groups is 1. The van der Waals surface area contributed by atoms with E-state index >= 15 is 0 Å². The lowest BCUT2D eigenvalue weighted by atomic mass is 9.55. The number of benzene rings is 1. The minimum atomic E-state index is -1.23. The topological polar surface area (TPSA) is 113 Å². The number of hydrogen-bond donors (Lipinski definition) is 2. The minimum Gasteiger partial charge on any atom is -0.492 e. The zero-order valence-electron chi connectivity index (χ0n) is 38.1. The van der Waals surface area contributed by atoms with Crippen LogP contribution in [0.3, 0.4) is 0 Å². The molecule has 10 nitrogen and oxygen atoms in total. The second-order valence-corrected chi connectivity index (χ2v) is 18.8. The molecule has 1 aromatic rings. The SMILES string of the molecule is C=CCOC12Oc3ccc(OCCN4CC4)cc3C3C(CCCCO)C(CCCCO)C=C(C(=NOC(C)(C)C)CC1N(CCC)C(=O)CCCCCCCCCCC)C32. The third-order valence-corrected chi connectivity index (χ3v) is 12.9. The van der Waals surface area contributed by atoms with Crippen molar-refractivity contribution >= 4 is 11.6 Å². The van der Waals surface area contributed by atoms with Crippen molar-refractivity contribution in [1.29, 1.82) is 0 Å². The van der Waals surface area contributed by atoms with E-state index in [1.165, 1.54) is 38.5 Å². The van der Waals surface area contributed by atoms with Crippen LogP contribution >= 0.6 is 0 Å². The molecule has 0 aromatic heterocycles. The standard InChI is InChI=1S/C50H81N3O7/c1-7-10-11-12-13-14-15-16-17-24-46(56)53(27-8-2)45-37-43(51-60-49(4,5)6)41-35-38(22-18-20-31-54)40(23-19-21-32-55)47-42-36-39(57-34-30-52-28-29-52)25-26-44(42)59-50(45,48(41)47)58-33-9-3/h9,25-26,35-36,38,40,45,47-48,54-55H,3,7-8,10-24,27-34,37H2,1-2,4-6H3. The van der Waals surface area contributed by atoms with Crippen LogP contribution in [0.5, 0.6) is 11.5 Å². The molecule has 2 aliphatic carbocycles. The number of hydrogen-bond acceptors (Lipinski definition) is 9. The van der Waals surface area contributed by atoms with Gasteiger partial charge in [0.25, 0.3) is 0 Å². The Labute approximate surface area is 363 Å². The molecule has 2 aliphatic heterocycles. The minimum absolute atomic E-state index is 0.0642. The van der Waals surface area contributed by atoms with Crippen LogP contribution in [-0.4, -0.2) is 102 Å². The fraction of sp³-hybridized carbons (Fsp3) is 0.760. The van der Waals surface area contributed by atoms with Crippen LogP contribution in [-0.2, 0) is 14.4 Å². The van der Waals surface area contributed by atoms with Crippen LogP contribution in [0, 0.1) is 17.8 Å². The van der Waals surface area contributed by atoms with Gasteiger partial charge in [0.2, 0.25) is 11.7 Å². The van der Waals surface area contributed by atoms with E-state index < -0.39 is 17.4 Å². The average molecular weight is 836 g/mol. The highest BCUT2D eigenvalue weighted by Crippen LogP contribution is 2.62. The van der Waals surface area contributed by atoms with E-state index in [1.54, 1.807) is 6.08 Å². The first-order chi connectivity index (χ1) is 29.1. The molecule has 2 N–H and O–H groups in total. The highest BCUT2D eigenvalue weighted by Gasteiger charge is 2.65. The summed E-state index contributed by atoms with van der Waals surface area (Å²) < 4.78 is 21.0. The zero-order valence-corrected chi connectivity index (χ0v) is 38.1. The number of aliphatic hydroxyl groups is 2. The first-order valence-corrected chi connectivity index (χ1v) is 24.0. The van der Waals surface area contributed by atoms with E-state index in [2.05, 4.69) is 48.4 Å². The van der Waals surface area contributed by atoms with Crippen molar-refractivity contribution in [3.8, 4) is 11.5 Å². The van der Waals surface area contributed by atoms with Crippen LogP contribution < -0.4 is 9.47 Å². The van der Waals surface area contributed by atoms with Gasteiger partial charge in [0, 0.05) is 63.7 Å². The molecule has 10 heteroatoms. The maximum absolute atomic E-state index is 14.7. The number of allylic oxidation sites excluding steroid dienone is 1. The fourth-order valence-corrected chi connectivity index (χ4v) is 9.94. The van der Waals surface area contributed by atoms with Gasteiger partial charge >= 0.3 is 0 Å². The number of amides is 1. The fourth-order valence-electron chi connectivity index (χ4n) is 9.94. The third-order valence-electron chi connectivity index (χ3n) is 12.9. The van der Waals surface area contributed by atoms with Crippen molar-refractivity contribution < 1.29 is 34.1 Å². The Morgan fingerprint density at radius 3 is 2.32 bits per heavy atom. The quantitative estimate of drug-likeness (QED) is 0.0355. The molecule has 338 valence electrons. The van der Waals surface area contributed by atoms with Crippen LogP contribution in [0.2, 0.25) is 0 Å². The molecule has 1 amide bonds. The van der Waals surface area contributed by atoms with E-state index in [4.69, 9.17) is 24.2 Å². The van der Waals surface area contributed by atoms with Gasteiger partial charge in [0.1, 0.15) is 29.7 Å². The van der Waals surface area contributed by atoms with Crippen LogP contribution in [0.15, 0.2) is 47.7 Å². The molecule has 1 saturated heterocycles. The largest absolute Gasteiger partial charge is 0.492 e. The number of rotatable bonds is 29. The number of ether oxygens (including phenoxy) is 3. The van der Waals surface area contributed by atoms with E-state index in [-0.39, 0.29) is 49.4 Å². The number of carbonyl (C=O) groups is 1. The van der Waals surface area contributed by atoms with Gasteiger partial charge in [-0.2, -0.15) is 0 Å². The highest BCUT2D eigenvalue weighted by molar-refractivity contribution is 6.03.